The third kappa shape index (κ3) is 3.26. The molecular formula is C13H23N5O. The Morgan fingerprint density at radius 1 is 1.53 bits per heavy atom. The number of hydrogen-bond donors (Lipinski definition) is 1. The number of carbonyl (C=O) groups excluding carboxylic acids is 1. The fraction of sp³-hybridized carbons (Fsp3) is 0.692. The molecule has 1 aromatic rings. The lowest BCUT2D eigenvalue weighted by Gasteiger charge is -2.26. The van der Waals surface area contributed by atoms with Crippen LogP contribution in [-0.4, -0.2) is 57.7 Å². The second-order valence-electron chi connectivity index (χ2n) is 4.97. The van der Waals surface area contributed by atoms with Gasteiger partial charge in [-0.25, -0.2) is 0 Å². The molecule has 1 fully saturated rings. The number of likely N-dealkylation sites (tertiary alicyclic amines) is 1. The molecule has 0 spiro atoms. The van der Waals surface area contributed by atoms with Crippen molar-refractivity contribution in [1.82, 2.24) is 19.6 Å². The van der Waals surface area contributed by atoms with Crippen molar-refractivity contribution in [3.05, 3.63) is 12.4 Å². The number of hydrogen-bond acceptors (Lipinski definition) is 4. The predicted octanol–water partition coefficient (Wildman–Crippen LogP) is 0.408. The van der Waals surface area contributed by atoms with Crippen molar-refractivity contribution in [3.8, 4) is 0 Å². The van der Waals surface area contributed by atoms with E-state index < -0.39 is 0 Å². The Morgan fingerprint density at radius 2 is 2.26 bits per heavy atom. The molecule has 2 N–H and O–H groups in total. The van der Waals surface area contributed by atoms with Crippen molar-refractivity contribution in [3.63, 3.8) is 0 Å². The van der Waals surface area contributed by atoms with Crippen LogP contribution in [0.1, 0.15) is 20.3 Å². The largest absolute Gasteiger partial charge is 0.396 e. The van der Waals surface area contributed by atoms with Gasteiger partial charge in [0.05, 0.1) is 11.9 Å². The molecule has 19 heavy (non-hydrogen) atoms. The Kier molecular flexibility index (Phi) is 4.42. The van der Waals surface area contributed by atoms with Gasteiger partial charge in [-0.15, -0.1) is 0 Å². The summed E-state index contributed by atoms with van der Waals surface area (Å²) in [5.74, 6) is 0.123. The van der Waals surface area contributed by atoms with E-state index in [1.165, 1.54) is 0 Å². The minimum atomic E-state index is 0.123. The van der Waals surface area contributed by atoms with E-state index in [4.69, 9.17) is 5.73 Å². The van der Waals surface area contributed by atoms with Gasteiger partial charge < -0.3 is 10.6 Å². The molecule has 0 radical (unpaired) electrons. The highest BCUT2D eigenvalue weighted by molar-refractivity contribution is 5.76. The molecule has 1 aliphatic rings. The van der Waals surface area contributed by atoms with E-state index in [1.807, 2.05) is 4.90 Å². The quantitative estimate of drug-likeness (QED) is 0.837. The number of anilines is 1. The summed E-state index contributed by atoms with van der Waals surface area (Å²) < 4.78 is 1.60. The van der Waals surface area contributed by atoms with Crippen LogP contribution in [0.5, 0.6) is 0 Å². The molecule has 1 amide bonds. The van der Waals surface area contributed by atoms with E-state index in [1.54, 1.807) is 17.1 Å². The number of nitrogens with zero attached hydrogens (tertiary/aromatic N) is 4. The highest BCUT2D eigenvalue weighted by Crippen LogP contribution is 2.16. The lowest BCUT2D eigenvalue weighted by atomic mass is 10.2. The molecule has 1 aromatic heterocycles. The van der Waals surface area contributed by atoms with Gasteiger partial charge in [0.15, 0.2) is 0 Å². The Morgan fingerprint density at radius 3 is 2.84 bits per heavy atom. The molecule has 0 bridgehead atoms. The van der Waals surface area contributed by atoms with Crippen molar-refractivity contribution in [1.29, 1.82) is 0 Å². The van der Waals surface area contributed by atoms with E-state index in [0.717, 1.165) is 32.6 Å². The minimum absolute atomic E-state index is 0.123. The summed E-state index contributed by atoms with van der Waals surface area (Å²) >= 11 is 0. The number of carbonyl (C=O) groups is 1. The molecule has 106 valence electrons. The van der Waals surface area contributed by atoms with E-state index in [0.29, 0.717) is 11.7 Å². The monoisotopic (exact) mass is 265 g/mol. The average Bonchev–Trinajstić information content (AvgIpc) is 3.01. The molecule has 2 heterocycles. The van der Waals surface area contributed by atoms with Crippen molar-refractivity contribution >= 4 is 11.6 Å². The van der Waals surface area contributed by atoms with E-state index in [-0.39, 0.29) is 12.5 Å². The maximum Gasteiger partial charge on any atom is 0.244 e. The van der Waals surface area contributed by atoms with E-state index in [2.05, 4.69) is 23.8 Å². The molecule has 1 aliphatic heterocycles. The third-order valence-corrected chi connectivity index (χ3v) is 3.80. The SMILES string of the molecule is CCN(CC)C1CCN(C(=O)Cn2cc(N)cn2)C1. The Balaban J connectivity index is 1.88. The number of nitrogen functional groups attached to an aromatic ring is 1. The predicted molar refractivity (Wildman–Crippen MR) is 74.5 cm³/mol. The summed E-state index contributed by atoms with van der Waals surface area (Å²) in [7, 11) is 0. The van der Waals surface area contributed by atoms with Gasteiger partial charge in [-0.2, -0.15) is 5.10 Å². The smallest absolute Gasteiger partial charge is 0.244 e. The molecular weight excluding hydrogens is 242 g/mol. The summed E-state index contributed by atoms with van der Waals surface area (Å²) in [4.78, 5) is 16.5. The molecule has 2 rings (SSSR count). The number of nitrogens with two attached hydrogens (primary N) is 1. The van der Waals surface area contributed by atoms with Crippen molar-refractivity contribution in [2.45, 2.75) is 32.9 Å². The maximum absolute atomic E-state index is 12.2. The van der Waals surface area contributed by atoms with E-state index >= 15 is 0 Å². The molecule has 1 atom stereocenters. The normalized spacial score (nSPS) is 19.3. The molecule has 6 nitrogen and oxygen atoms in total. The zero-order chi connectivity index (χ0) is 13.8. The van der Waals surface area contributed by atoms with Gasteiger partial charge >= 0.3 is 0 Å². The van der Waals surface area contributed by atoms with Gasteiger partial charge in [0.2, 0.25) is 5.91 Å². The first kappa shape index (κ1) is 13.9. The first-order valence-corrected chi connectivity index (χ1v) is 6.93. The fourth-order valence-electron chi connectivity index (χ4n) is 2.71. The van der Waals surface area contributed by atoms with Gasteiger partial charge in [0, 0.05) is 25.3 Å². The summed E-state index contributed by atoms with van der Waals surface area (Å²) in [6, 6.07) is 0.502. The summed E-state index contributed by atoms with van der Waals surface area (Å²) in [6.45, 7) is 8.37. The van der Waals surface area contributed by atoms with E-state index in [9.17, 15) is 4.79 Å². The van der Waals surface area contributed by atoms with Gasteiger partial charge in [0.25, 0.3) is 0 Å². The van der Waals surface area contributed by atoms with Gasteiger partial charge in [-0.3, -0.25) is 14.4 Å². The number of rotatable bonds is 5. The second kappa shape index (κ2) is 6.06. The zero-order valence-corrected chi connectivity index (χ0v) is 11.7. The van der Waals surface area contributed by atoms with Crippen LogP contribution in [0.25, 0.3) is 0 Å². The van der Waals surface area contributed by atoms with Crippen LogP contribution >= 0.6 is 0 Å². The van der Waals surface area contributed by atoms with Crippen molar-refractivity contribution in [2.24, 2.45) is 0 Å². The highest BCUT2D eigenvalue weighted by atomic mass is 16.2. The maximum atomic E-state index is 12.2. The van der Waals surface area contributed by atoms with Crippen LogP contribution in [0.15, 0.2) is 12.4 Å². The molecule has 0 aromatic carbocycles. The Hall–Kier alpha value is -1.56. The van der Waals surface area contributed by atoms with Crippen LogP contribution < -0.4 is 5.73 Å². The second-order valence-corrected chi connectivity index (χ2v) is 4.97. The van der Waals surface area contributed by atoms with Crippen LogP contribution in [0.2, 0.25) is 0 Å². The lowest BCUT2D eigenvalue weighted by Crippen LogP contribution is -2.39. The van der Waals surface area contributed by atoms with Crippen LogP contribution in [-0.2, 0) is 11.3 Å². The molecule has 1 unspecified atom stereocenters. The zero-order valence-electron chi connectivity index (χ0n) is 11.7. The number of aromatic nitrogens is 2. The summed E-state index contributed by atoms with van der Waals surface area (Å²) in [6.07, 6.45) is 4.32. The number of amides is 1. The first-order chi connectivity index (χ1) is 9.13. The topological polar surface area (TPSA) is 67.4 Å². The van der Waals surface area contributed by atoms with Crippen molar-refractivity contribution < 1.29 is 4.79 Å². The fourth-order valence-corrected chi connectivity index (χ4v) is 2.71. The standard InChI is InChI=1S/C13H23N5O/c1-3-16(4-2)12-5-6-17(9-12)13(19)10-18-8-11(14)7-15-18/h7-8,12H,3-6,9-10,14H2,1-2H3. The molecule has 1 saturated heterocycles. The van der Waals surface area contributed by atoms with Crippen LogP contribution in [0, 0.1) is 0 Å². The molecule has 0 aliphatic carbocycles. The average molecular weight is 265 g/mol. The van der Waals surface area contributed by atoms with Crippen LogP contribution in [0.4, 0.5) is 5.69 Å². The molecule has 0 saturated carbocycles. The highest BCUT2D eigenvalue weighted by Gasteiger charge is 2.29. The lowest BCUT2D eigenvalue weighted by molar-refractivity contribution is -0.131. The number of likely N-dealkylation sites (N-methyl/N-ethyl adjacent to an activating group) is 1. The summed E-state index contributed by atoms with van der Waals surface area (Å²) in [5.41, 5.74) is 6.18. The Labute approximate surface area is 114 Å². The van der Waals surface area contributed by atoms with Gasteiger partial charge in [-0.05, 0) is 19.5 Å². The summed E-state index contributed by atoms with van der Waals surface area (Å²) in [5, 5.41) is 4.05. The minimum Gasteiger partial charge on any atom is -0.396 e. The Bertz CT molecular complexity index is 426. The van der Waals surface area contributed by atoms with Gasteiger partial charge in [0.1, 0.15) is 6.54 Å². The first-order valence-electron chi connectivity index (χ1n) is 6.93. The van der Waals surface area contributed by atoms with Crippen LogP contribution in [0.3, 0.4) is 0 Å². The molecule has 6 heteroatoms. The van der Waals surface area contributed by atoms with Crippen molar-refractivity contribution in [2.75, 3.05) is 31.9 Å². The van der Waals surface area contributed by atoms with Gasteiger partial charge in [-0.1, -0.05) is 13.8 Å². The third-order valence-electron chi connectivity index (χ3n) is 3.80.